The van der Waals surface area contributed by atoms with Crippen LogP contribution < -0.4 is 5.73 Å². The van der Waals surface area contributed by atoms with Gasteiger partial charge in [-0.25, -0.2) is 0 Å². The summed E-state index contributed by atoms with van der Waals surface area (Å²) in [6, 6.07) is 12.4. The highest BCUT2D eigenvalue weighted by atomic mass is 16.3. The molecule has 18 heavy (non-hydrogen) atoms. The molecule has 0 saturated carbocycles. The van der Waals surface area contributed by atoms with Gasteiger partial charge in [-0.2, -0.15) is 0 Å². The Bertz CT molecular complexity index is 604. The third-order valence-electron chi connectivity index (χ3n) is 3.79. The fraction of sp³-hybridized carbons (Fsp3) is 0.250. The lowest BCUT2D eigenvalue weighted by atomic mass is 9.94. The van der Waals surface area contributed by atoms with Crippen molar-refractivity contribution in [1.29, 1.82) is 0 Å². The molecule has 2 nitrogen and oxygen atoms in total. The van der Waals surface area contributed by atoms with Crippen molar-refractivity contribution >= 4 is 5.69 Å². The number of hydrogen-bond donors (Lipinski definition) is 2. The van der Waals surface area contributed by atoms with Gasteiger partial charge in [0.1, 0.15) is 0 Å². The second-order valence-electron chi connectivity index (χ2n) is 4.85. The number of hydrogen-bond acceptors (Lipinski definition) is 2. The van der Waals surface area contributed by atoms with Gasteiger partial charge in [0, 0.05) is 11.3 Å². The van der Waals surface area contributed by atoms with Crippen LogP contribution in [0.4, 0.5) is 5.69 Å². The number of benzene rings is 2. The van der Waals surface area contributed by atoms with Crippen LogP contribution in [0.1, 0.15) is 36.1 Å². The van der Waals surface area contributed by atoms with Gasteiger partial charge in [0.15, 0.2) is 0 Å². The molecular weight excluding hydrogens is 222 g/mol. The molecule has 3 rings (SSSR count). The minimum absolute atomic E-state index is 0.464. The quantitative estimate of drug-likeness (QED) is 0.674. The van der Waals surface area contributed by atoms with Crippen molar-refractivity contribution in [2.75, 3.05) is 5.73 Å². The molecule has 0 bridgehead atoms. The van der Waals surface area contributed by atoms with Crippen molar-refractivity contribution in [3.63, 3.8) is 0 Å². The summed E-state index contributed by atoms with van der Waals surface area (Å²) in [7, 11) is 0. The summed E-state index contributed by atoms with van der Waals surface area (Å²) in [6.07, 6.45) is 1.11. The summed E-state index contributed by atoms with van der Waals surface area (Å²) in [5.74, 6) is 0. The standard InChI is InChI=1S/C16H17NO/c1-2-15(18)16-13-9-10-5-3-4-6-11(10)12(13)7-8-14(16)17/h3-8,15,18H,2,9,17H2,1H3. The van der Waals surface area contributed by atoms with E-state index in [0.717, 1.165) is 12.0 Å². The predicted molar refractivity (Wildman–Crippen MR) is 74.3 cm³/mol. The number of nitrogens with two attached hydrogens (primary N) is 1. The van der Waals surface area contributed by atoms with Crippen LogP contribution in [0, 0.1) is 0 Å². The molecule has 2 aromatic rings. The molecule has 0 amide bonds. The fourth-order valence-corrected chi connectivity index (χ4v) is 2.85. The highest BCUT2D eigenvalue weighted by molar-refractivity contribution is 5.80. The minimum Gasteiger partial charge on any atom is -0.398 e. The van der Waals surface area contributed by atoms with Gasteiger partial charge in [-0.05, 0) is 41.2 Å². The van der Waals surface area contributed by atoms with Gasteiger partial charge in [0.25, 0.3) is 0 Å². The highest BCUT2D eigenvalue weighted by Gasteiger charge is 2.24. The number of fused-ring (bicyclic) bond motifs is 3. The second kappa shape index (κ2) is 4.14. The fourth-order valence-electron chi connectivity index (χ4n) is 2.85. The van der Waals surface area contributed by atoms with Crippen molar-refractivity contribution < 1.29 is 5.11 Å². The van der Waals surface area contributed by atoms with E-state index in [1.807, 2.05) is 13.0 Å². The molecule has 0 saturated heterocycles. The highest BCUT2D eigenvalue weighted by Crippen LogP contribution is 2.42. The summed E-state index contributed by atoms with van der Waals surface area (Å²) in [5.41, 5.74) is 12.7. The molecule has 1 aliphatic carbocycles. The van der Waals surface area contributed by atoms with Crippen LogP contribution in [0.15, 0.2) is 36.4 Å². The van der Waals surface area contributed by atoms with E-state index in [-0.39, 0.29) is 0 Å². The Morgan fingerprint density at radius 1 is 1.17 bits per heavy atom. The van der Waals surface area contributed by atoms with E-state index >= 15 is 0 Å². The van der Waals surface area contributed by atoms with E-state index in [1.54, 1.807) is 0 Å². The molecule has 3 N–H and O–H groups in total. The van der Waals surface area contributed by atoms with Crippen molar-refractivity contribution in [2.45, 2.75) is 25.9 Å². The molecule has 0 spiro atoms. The zero-order chi connectivity index (χ0) is 12.7. The molecular formula is C16H17NO. The molecule has 0 heterocycles. The Kier molecular flexibility index (Phi) is 2.60. The average Bonchev–Trinajstić information content (AvgIpc) is 2.76. The van der Waals surface area contributed by atoms with Gasteiger partial charge in [-0.3, -0.25) is 0 Å². The zero-order valence-corrected chi connectivity index (χ0v) is 10.5. The van der Waals surface area contributed by atoms with E-state index in [4.69, 9.17) is 5.73 Å². The van der Waals surface area contributed by atoms with Crippen molar-refractivity contribution in [3.8, 4) is 11.1 Å². The van der Waals surface area contributed by atoms with Crippen molar-refractivity contribution in [2.24, 2.45) is 0 Å². The van der Waals surface area contributed by atoms with Crippen LogP contribution in [-0.4, -0.2) is 5.11 Å². The molecule has 2 aromatic carbocycles. The summed E-state index contributed by atoms with van der Waals surface area (Å²) in [4.78, 5) is 0. The first-order chi connectivity index (χ1) is 8.72. The van der Waals surface area contributed by atoms with E-state index in [2.05, 4.69) is 30.3 Å². The second-order valence-corrected chi connectivity index (χ2v) is 4.85. The Hall–Kier alpha value is -1.80. The lowest BCUT2D eigenvalue weighted by Crippen LogP contribution is -2.05. The van der Waals surface area contributed by atoms with Crippen LogP contribution in [0.5, 0.6) is 0 Å². The zero-order valence-electron chi connectivity index (χ0n) is 10.5. The van der Waals surface area contributed by atoms with Crippen LogP contribution in [0.3, 0.4) is 0 Å². The van der Waals surface area contributed by atoms with Crippen LogP contribution >= 0.6 is 0 Å². The van der Waals surface area contributed by atoms with Gasteiger partial charge in [-0.15, -0.1) is 0 Å². The number of aliphatic hydroxyl groups excluding tert-OH is 1. The monoisotopic (exact) mass is 239 g/mol. The lowest BCUT2D eigenvalue weighted by molar-refractivity contribution is 0.173. The number of anilines is 1. The third kappa shape index (κ3) is 1.53. The van der Waals surface area contributed by atoms with Crippen LogP contribution in [-0.2, 0) is 6.42 Å². The van der Waals surface area contributed by atoms with E-state index < -0.39 is 6.10 Å². The Morgan fingerprint density at radius 3 is 2.72 bits per heavy atom. The first-order valence-corrected chi connectivity index (χ1v) is 6.40. The first-order valence-electron chi connectivity index (χ1n) is 6.40. The molecule has 1 unspecified atom stereocenters. The summed E-state index contributed by atoms with van der Waals surface area (Å²) < 4.78 is 0. The Morgan fingerprint density at radius 2 is 1.94 bits per heavy atom. The SMILES string of the molecule is CCC(O)c1c(N)ccc2c1Cc1ccccc1-2. The van der Waals surface area contributed by atoms with Gasteiger partial charge in [0.05, 0.1) is 6.10 Å². The molecule has 0 aromatic heterocycles. The summed E-state index contributed by atoms with van der Waals surface area (Å²) in [6.45, 7) is 1.98. The van der Waals surface area contributed by atoms with E-state index in [9.17, 15) is 5.11 Å². The maximum absolute atomic E-state index is 10.2. The summed E-state index contributed by atoms with van der Waals surface area (Å²) in [5, 5.41) is 10.2. The number of nitrogen functional groups attached to an aromatic ring is 1. The van der Waals surface area contributed by atoms with Crippen molar-refractivity contribution in [3.05, 3.63) is 53.1 Å². The smallest absolute Gasteiger partial charge is 0.0810 e. The molecule has 2 heteroatoms. The van der Waals surface area contributed by atoms with E-state index in [0.29, 0.717) is 12.1 Å². The third-order valence-corrected chi connectivity index (χ3v) is 3.79. The van der Waals surface area contributed by atoms with Gasteiger partial charge in [-0.1, -0.05) is 37.3 Å². The van der Waals surface area contributed by atoms with Crippen LogP contribution in [0.25, 0.3) is 11.1 Å². The largest absolute Gasteiger partial charge is 0.398 e. The Labute approximate surface area is 107 Å². The first kappa shape index (κ1) is 11.3. The average molecular weight is 239 g/mol. The Balaban J connectivity index is 2.22. The van der Waals surface area contributed by atoms with Gasteiger partial charge >= 0.3 is 0 Å². The minimum atomic E-state index is -0.464. The molecule has 0 fully saturated rings. The lowest BCUT2D eigenvalue weighted by Gasteiger charge is -2.16. The number of rotatable bonds is 2. The van der Waals surface area contributed by atoms with E-state index in [1.165, 1.54) is 22.3 Å². The maximum Gasteiger partial charge on any atom is 0.0810 e. The normalized spacial score (nSPS) is 14.1. The van der Waals surface area contributed by atoms with Crippen LogP contribution in [0.2, 0.25) is 0 Å². The van der Waals surface area contributed by atoms with Gasteiger partial charge < -0.3 is 10.8 Å². The topological polar surface area (TPSA) is 46.2 Å². The molecule has 0 aliphatic heterocycles. The van der Waals surface area contributed by atoms with Gasteiger partial charge in [0.2, 0.25) is 0 Å². The van der Waals surface area contributed by atoms with Crippen molar-refractivity contribution in [1.82, 2.24) is 0 Å². The maximum atomic E-state index is 10.2. The predicted octanol–water partition coefficient (Wildman–Crippen LogP) is 3.28. The molecule has 0 radical (unpaired) electrons. The number of aliphatic hydroxyl groups is 1. The molecule has 1 atom stereocenters. The summed E-state index contributed by atoms with van der Waals surface area (Å²) >= 11 is 0. The molecule has 1 aliphatic rings. The molecule has 92 valence electrons.